The van der Waals surface area contributed by atoms with Crippen LogP contribution in [0, 0.1) is 11.3 Å². The van der Waals surface area contributed by atoms with Crippen LogP contribution in [-0.2, 0) is 0 Å². The summed E-state index contributed by atoms with van der Waals surface area (Å²) >= 11 is 0. The van der Waals surface area contributed by atoms with Gasteiger partial charge in [0.05, 0.1) is 5.56 Å². The van der Waals surface area contributed by atoms with Gasteiger partial charge in [-0.2, -0.15) is 5.26 Å². The molecule has 0 saturated carbocycles. The SMILES string of the molecule is CCCC(C)NCC(O)COc1ccccc1C#N. The van der Waals surface area contributed by atoms with Gasteiger partial charge in [0.2, 0.25) is 0 Å². The second-order valence-electron chi connectivity index (χ2n) is 4.67. The molecule has 0 fully saturated rings. The van der Waals surface area contributed by atoms with E-state index >= 15 is 0 Å². The fraction of sp³-hybridized carbons (Fsp3) is 0.533. The number of benzene rings is 1. The summed E-state index contributed by atoms with van der Waals surface area (Å²) in [6.07, 6.45) is 1.63. The molecule has 2 N–H and O–H groups in total. The fourth-order valence-corrected chi connectivity index (χ4v) is 1.80. The van der Waals surface area contributed by atoms with Crippen LogP contribution in [0.5, 0.6) is 5.75 Å². The number of hydrogen-bond acceptors (Lipinski definition) is 4. The summed E-state index contributed by atoms with van der Waals surface area (Å²) in [6, 6.07) is 9.49. The number of nitrogens with one attached hydrogen (secondary N) is 1. The van der Waals surface area contributed by atoms with E-state index in [1.54, 1.807) is 18.2 Å². The molecule has 0 spiro atoms. The average Bonchev–Trinajstić information content (AvgIpc) is 2.43. The number of aliphatic hydroxyl groups excluding tert-OH is 1. The molecular formula is C15H22N2O2. The van der Waals surface area contributed by atoms with Gasteiger partial charge in [0.1, 0.15) is 24.5 Å². The van der Waals surface area contributed by atoms with E-state index < -0.39 is 6.10 Å². The fourth-order valence-electron chi connectivity index (χ4n) is 1.80. The first-order valence-corrected chi connectivity index (χ1v) is 6.70. The molecule has 104 valence electrons. The zero-order chi connectivity index (χ0) is 14.1. The third kappa shape index (κ3) is 5.73. The molecule has 0 aliphatic carbocycles. The number of aliphatic hydroxyl groups is 1. The Morgan fingerprint density at radius 2 is 2.16 bits per heavy atom. The summed E-state index contributed by atoms with van der Waals surface area (Å²) < 4.78 is 5.47. The lowest BCUT2D eigenvalue weighted by atomic mass is 10.2. The van der Waals surface area contributed by atoms with Gasteiger partial charge in [0.25, 0.3) is 0 Å². The van der Waals surface area contributed by atoms with Crippen LogP contribution >= 0.6 is 0 Å². The summed E-state index contributed by atoms with van der Waals surface area (Å²) in [4.78, 5) is 0. The Bertz CT molecular complexity index is 415. The molecule has 0 bridgehead atoms. The quantitative estimate of drug-likeness (QED) is 0.753. The summed E-state index contributed by atoms with van der Waals surface area (Å²) in [7, 11) is 0. The van der Waals surface area contributed by atoms with Gasteiger partial charge in [0.15, 0.2) is 0 Å². The van der Waals surface area contributed by atoms with E-state index in [-0.39, 0.29) is 6.61 Å². The highest BCUT2D eigenvalue weighted by Crippen LogP contribution is 2.16. The standard InChI is InChI=1S/C15H22N2O2/c1-3-6-12(2)17-10-14(18)11-19-15-8-5-4-7-13(15)9-16/h4-5,7-8,12,14,17-18H,3,6,10-11H2,1-2H3. The van der Waals surface area contributed by atoms with E-state index in [0.29, 0.717) is 23.9 Å². The molecule has 1 rings (SSSR count). The van der Waals surface area contributed by atoms with Gasteiger partial charge in [-0.15, -0.1) is 0 Å². The monoisotopic (exact) mass is 262 g/mol. The molecule has 4 heteroatoms. The van der Waals surface area contributed by atoms with Crippen molar-refractivity contribution in [3.63, 3.8) is 0 Å². The van der Waals surface area contributed by atoms with Crippen molar-refractivity contribution < 1.29 is 9.84 Å². The highest BCUT2D eigenvalue weighted by atomic mass is 16.5. The predicted octanol–water partition coefficient (Wildman–Crippen LogP) is 2.08. The van der Waals surface area contributed by atoms with Gasteiger partial charge < -0.3 is 15.2 Å². The van der Waals surface area contributed by atoms with Crippen molar-refractivity contribution in [2.75, 3.05) is 13.2 Å². The van der Waals surface area contributed by atoms with Crippen LogP contribution in [0.4, 0.5) is 0 Å². The van der Waals surface area contributed by atoms with Gasteiger partial charge in [-0.05, 0) is 25.5 Å². The number of ether oxygens (including phenoxy) is 1. The summed E-state index contributed by atoms with van der Waals surface area (Å²) in [5, 5.41) is 22.0. The first kappa shape index (κ1) is 15.5. The molecule has 0 amide bonds. The van der Waals surface area contributed by atoms with Crippen LogP contribution in [0.1, 0.15) is 32.3 Å². The molecule has 0 aromatic heterocycles. The van der Waals surface area contributed by atoms with Gasteiger partial charge in [0, 0.05) is 12.6 Å². The molecule has 4 nitrogen and oxygen atoms in total. The third-order valence-corrected chi connectivity index (χ3v) is 2.86. The van der Waals surface area contributed by atoms with Crippen molar-refractivity contribution in [1.82, 2.24) is 5.32 Å². The number of nitriles is 1. The van der Waals surface area contributed by atoms with Gasteiger partial charge in [-0.1, -0.05) is 25.5 Å². The topological polar surface area (TPSA) is 65.3 Å². The number of para-hydroxylation sites is 1. The van der Waals surface area contributed by atoms with E-state index in [4.69, 9.17) is 10.00 Å². The van der Waals surface area contributed by atoms with Gasteiger partial charge >= 0.3 is 0 Å². The van der Waals surface area contributed by atoms with Crippen molar-refractivity contribution in [3.05, 3.63) is 29.8 Å². The molecule has 0 radical (unpaired) electrons. The van der Waals surface area contributed by atoms with Gasteiger partial charge in [-0.25, -0.2) is 0 Å². The Morgan fingerprint density at radius 1 is 1.42 bits per heavy atom. The van der Waals surface area contributed by atoms with Gasteiger partial charge in [-0.3, -0.25) is 0 Å². The van der Waals surface area contributed by atoms with Crippen LogP contribution in [-0.4, -0.2) is 30.4 Å². The average molecular weight is 262 g/mol. The largest absolute Gasteiger partial charge is 0.489 e. The Kier molecular flexibility index (Phi) is 6.94. The van der Waals surface area contributed by atoms with E-state index in [1.807, 2.05) is 6.07 Å². The Labute approximate surface area is 115 Å². The summed E-state index contributed by atoms with van der Waals surface area (Å²) in [5.41, 5.74) is 0.488. The summed E-state index contributed by atoms with van der Waals surface area (Å²) in [5.74, 6) is 0.519. The minimum absolute atomic E-state index is 0.185. The zero-order valence-corrected chi connectivity index (χ0v) is 11.6. The number of hydrogen-bond donors (Lipinski definition) is 2. The maximum Gasteiger partial charge on any atom is 0.137 e. The smallest absolute Gasteiger partial charge is 0.137 e. The molecule has 2 unspecified atom stereocenters. The minimum atomic E-state index is -0.578. The molecule has 2 atom stereocenters. The molecule has 0 heterocycles. The molecule has 19 heavy (non-hydrogen) atoms. The lowest BCUT2D eigenvalue weighted by molar-refractivity contribution is 0.103. The molecule has 0 aliphatic heterocycles. The van der Waals surface area contributed by atoms with Crippen molar-refractivity contribution in [2.24, 2.45) is 0 Å². The highest BCUT2D eigenvalue weighted by molar-refractivity contribution is 5.42. The highest BCUT2D eigenvalue weighted by Gasteiger charge is 2.09. The molecule has 1 aromatic rings. The maximum absolute atomic E-state index is 9.82. The van der Waals surface area contributed by atoms with Crippen LogP contribution < -0.4 is 10.1 Å². The van der Waals surface area contributed by atoms with Crippen molar-refractivity contribution >= 4 is 0 Å². The maximum atomic E-state index is 9.82. The van der Waals surface area contributed by atoms with E-state index in [2.05, 4.69) is 25.2 Å². The second-order valence-corrected chi connectivity index (χ2v) is 4.67. The van der Waals surface area contributed by atoms with Crippen LogP contribution in [0.2, 0.25) is 0 Å². The third-order valence-electron chi connectivity index (χ3n) is 2.86. The van der Waals surface area contributed by atoms with Crippen molar-refractivity contribution in [2.45, 2.75) is 38.8 Å². The first-order valence-electron chi connectivity index (χ1n) is 6.70. The van der Waals surface area contributed by atoms with Crippen molar-refractivity contribution in [3.8, 4) is 11.8 Å². The number of rotatable bonds is 8. The molecular weight excluding hydrogens is 240 g/mol. The van der Waals surface area contributed by atoms with Crippen LogP contribution in [0.15, 0.2) is 24.3 Å². The first-order chi connectivity index (χ1) is 9.17. The lowest BCUT2D eigenvalue weighted by Crippen LogP contribution is -2.36. The second kappa shape index (κ2) is 8.52. The number of nitrogens with zero attached hydrogens (tertiary/aromatic N) is 1. The zero-order valence-electron chi connectivity index (χ0n) is 11.6. The Hall–Kier alpha value is -1.57. The predicted molar refractivity (Wildman–Crippen MR) is 75.0 cm³/mol. The van der Waals surface area contributed by atoms with Crippen molar-refractivity contribution in [1.29, 1.82) is 5.26 Å². The minimum Gasteiger partial charge on any atom is -0.489 e. The van der Waals surface area contributed by atoms with E-state index in [9.17, 15) is 5.11 Å². The van der Waals surface area contributed by atoms with Crippen LogP contribution in [0.3, 0.4) is 0 Å². The lowest BCUT2D eigenvalue weighted by Gasteiger charge is -2.17. The molecule has 0 saturated heterocycles. The molecule has 1 aromatic carbocycles. The van der Waals surface area contributed by atoms with E-state index in [0.717, 1.165) is 12.8 Å². The Balaban J connectivity index is 2.34. The normalized spacial score (nSPS) is 13.6. The summed E-state index contributed by atoms with van der Waals surface area (Å²) in [6.45, 7) is 4.92. The molecule has 0 aliphatic rings. The van der Waals surface area contributed by atoms with E-state index in [1.165, 1.54) is 0 Å². The Morgan fingerprint density at radius 3 is 2.84 bits per heavy atom. The van der Waals surface area contributed by atoms with Crippen LogP contribution in [0.25, 0.3) is 0 Å².